The van der Waals surface area contributed by atoms with Crippen molar-refractivity contribution in [3.8, 4) is 0 Å². The third-order valence-corrected chi connectivity index (χ3v) is 5.03. The van der Waals surface area contributed by atoms with Crippen molar-refractivity contribution in [3.05, 3.63) is 35.3 Å². The number of primary amides is 1. The molecule has 0 spiro atoms. The van der Waals surface area contributed by atoms with E-state index in [-0.39, 0.29) is 17.8 Å². The molecule has 2 heterocycles. The Bertz CT molecular complexity index is 856. The van der Waals surface area contributed by atoms with Crippen LogP contribution in [-0.4, -0.2) is 49.0 Å². The number of halogens is 1. The molecule has 0 aliphatic carbocycles. The first kappa shape index (κ1) is 20.1. The van der Waals surface area contributed by atoms with Gasteiger partial charge in [0.2, 0.25) is 5.91 Å². The Morgan fingerprint density at radius 2 is 2.14 bits per heavy atom. The Labute approximate surface area is 164 Å². The minimum atomic E-state index is -0.289. The number of aliphatic imine (C=N–C) groups is 1. The number of aryl methyl sites for hydroxylation is 1. The molecule has 0 bridgehead atoms. The number of nitrogens with two attached hydrogens (primary N) is 1. The van der Waals surface area contributed by atoms with Gasteiger partial charge < -0.3 is 20.8 Å². The number of carbonyl (C=O) groups is 1. The predicted molar refractivity (Wildman–Crippen MR) is 108 cm³/mol. The maximum atomic E-state index is 13.5. The summed E-state index contributed by atoms with van der Waals surface area (Å²) in [6.07, 6.45) is 1.83. The van der Waals surface area contributed by atoms with E-state index in [1.54, 1.807) is 6.07 Å². The third kappa shape index (κ3) is 5.01. The number of benzene rings is 1. The van der Waals surface area contributed by atoms with Crippen LogP contribution >= 0.6 is 0 Å². The van der Waals surface area contributed by atoms with Crippen LogP contribution in [0.3, 0.4) is 0 Å². The van der Waals surface area contributed by atoms with Gasteiger partial charge in [-0.1, -0.05) is 0 Å². The van der Waals surface area contributed by atoms with Gasteiger partial charge in [0, 0.05) is 36.6 Å². The predicted octanol–water partition coefficient (Wildman–Crippen LogP) is 1.89. The average molecular weight is 389 g/mol. The molecule has 7 nitrogen and oxygen atoms in total. The second-order valence-corrected chi connectivity index (χ2v) is 7.15. The summed E-state index contributed by atoms with van der Waals surface area (Å²) in [5.74, 6) is 0.891. The van der Waals surface area contributed by atoms with Crippen molar-refractivity contribution in [2.75, 3.05) is 26.2 Å². The molecule has 1 aromatic carbocycles. The maximum Gasteiger partial charge on any atom is 0.231 e. The molecule has 0 unspecified atom stereocenters. The second kappa shape index (κ2) is 9.05. The minimum absolute atomic E-state index is 0.274. The van der Waals surface area contributed by atoms with E-state index in [1.807, 2.05) is 13.8 Å². The molecule has 1 aromatic heterocycles. The summed E-state index contributed by atoms with van der Waals surface area (Å²) in [6.45, 7) is 7.02. The largest absolute Gasteiger partial charge is 0.459 e. The summed E-state index contributed by atoms with van der Waals surface area (Å²) in [6, 6.07) is 4.82. The zero-order valence-electron chi connectivity index (χ0n) is 16.4. The molecule has 4 N–H and O–H groups in total. The average Bonchev–Trinajstić information content (AvgIpc) is 2.96. The van der Waals surface area contributed by atoms with Crippen LogP contribution in [0.5, 0.6) is 0 Å². The van der Waals surface area contributed by atoms with Crippen molar-refractivity contribution in [2.45, 2.75) is 39.3 Å². The monoisotopic (exact) mass is 389 g/mol. The van der Waals surface area contributed by atoms with Gasteiger partial charge in [0.25, 0.3) is 0 Å². The number of guanidine groups is 1. The number of hydrogen-bond acceptors (Lipinski definition) is 4. The molecule has 1 aliphatic heterocycles. The van der Waals surface area contributed by atoms with Crippen molar-refractivity contribution >= 4 is 22.8 Å². The zero-order valence-corrected chi connectivity index (χ0v) is 16.4. The number of carbonyl (C=O) groups excluding carboxylic acids is 1. The SMILES string of the molecule is CCNC(=NCc1oc2ccc(F)cc2c1C)NC1CCN(CC(N)=O)CC1. The standard InChI is InChI=1S/C20H28FN5O2/c1-3-23-20(25-15-6-8-26(9-7-15)12-19(22)27)24-11-18-13(2)16-10-14(21)4-5-17(16)28-18/h4-5,10,15H,3,6-9,11-12H2,1-2H3,(H2,22,27)(H2,23,24,25). The molecular formula is C20H28FN5O2. The highest BCUT2D eigenvalue weighted by Crippen LogP contribution is 2.26. The molecule has 0 saturated carbocycles. The molecule has 3 rings (SSSR count). The van der Waals surface area contributed by atoms with Gasteiger partial charge in [-0.2, -0.15) is 0 Å². The summed E-state index contributed by atoms with van der Waals surface area (Å²) < 4.78 is 19.3. The van der Waals surface area contributed by atoms with Crippen LogP contribution in [0.1, 0.15) is 31.1 Å². The van der Waals surface area contributed by atoms with E-state index in [0.717, 1.165) is 55.1 Å². The summed E-state index contributed by atoms with van der Waals surface area (Å²) >= 11 is 0. The lowest BCUT2D eigenvalue weighted by Crippen LogP contribution is -2.49. The summed E-state index contributed by atoms with van der Waals surface area (Å²) in [5, 5.41) is 7.50. The molecule has 0 atom stereocenters. The van der Waals surface area contributed by atoms with Crippen LogP contribution in [-0.2, 0) is 11.3 Å². The van der Waals surface area contributed by atoms with Crippen LogP contribution < -0.4 is 16.4 Å². The van der Waals surface area contributed by atoms with Gasteiger partial charge in [-0.15, -0.1) is 0 Å². The smallest absolute Gasteiger partial charge is 0.231 e. The van der Waals surface area contributed by atoms with E-state index in [0.29, 0.717) is 18.7 Å². The number of fused-ring (bicyclic) bond motifs is 1. The van der Waals surface area contributed by atoms with Crippen LogP contribution in [0.2, 0.25) is 0 Å². The number of likely N-dealkylation sites (tertiary alicyclic amines) is 1. The Balaban J connectivity index is 1.63. The Hall–Kier alpha value is -2.61. The first-order valence-corrected chi connectivity index (χ1v) is 9.69. The van der Waals surface area contributed by atoms with E-state index >= 15 is 0 Å². The Morgan fingerprint density at radius 3 is 2.82 bits per heavy atom. The lowest BCUT2D eigenvalue weighted by atomic mass is 10.1. The normalized spacial score (nSPS) is 16.5. The summed E-state index contributed by atoms with van der Waals surface area (Å²) in [4.78, 5) is 17.8. The number of rotatable bonds is 6. The molecule has 28 heavy (non-hydrogen) atoms. The number of amides is 1. The Kier molecular flexibility index (Phi) is 6.51. The van der Waals surface area contributed by atoms with E-state index in [4.69, 9.17) is 10.2 Å². The van der Waals surface area contributed by atoms with Gasteiger partial charge in [0.05, 0.1) is 6.54 Å². The first-order chi connectivity index (χ1) is 13.5. The quantitative estimate of drug-likeness (QED) is 0.518. The van der Waals surface area contributed by atoms with Gasteiger partial charge in [-0.3, -0.25) is 9.69 Å². The van der Waals surface area contributed by atoms with Crippen molar-refractivity contribution in [1.82, 2.24) is 15.5 Å². The van der Waals surface area contributed by atoms with Crippen molar-refractivity contribution < 1.29 is 13.6 Å². The van der Waals surface area contributed by atoms with Crippen LogP contribution in [0.4, 0.5) is 4.39 Å². The van der Waals surface area contributed by atoms with Gasteiger partial charge in [-0.05, 0) is 44.9 Å². The zero-order chi connectivity index (χ0) is 20.1. The molecule has 1 saturated heterocycles. The van der Waals surface area contributed by atoms with Gasteiger partial charge >= 0.3 is 0 Å². The number of hydrogen-bond donors (Lipinski definition) is 3. The van der Waals surface area contributed by atoms with E-state index in [1.165, 1.54) is 12.1 Å². The van der Waals surface area contributed by atoms with E-state index < -0.39 is 0 Å². The first-order valence-electron chi connectivity index (χ1n) is 9.69. The van der Waals surface area contributed by atoms with Gasteiger partial charge in [-0.25, -0.2) is 9.38 Å². The fraction of sp³-hybridized carbons (Fsp3) is 0.500. The molecule has 152 valence electrons. The van der Waals surface area contributed by atoms with Crippen molar-refractivity contribution in [1.29, 1.82) is 0 Å². The lowest BCUT2D eigenvalue weighted by molar-refractivity contribution is -0.119. The van der Waals surface area contributed by atoms with Gasteiger partial charge in [0.15, 0.2) is 5.96 Å². The number of furan rings is 1. The Morgan fingerprint density at radius 1 is 1.39 bits per heavy atom. The van der Waals surface area contributed by atoms with Gasteiger partial charge in [0.1, 0.15) is 23.7 Å². The van der Waals surface area contributed by atoms with E-state index in [2.05, 4.69) is 20.5 Å². The molecular weight excluding hydrogens is 361 g/mol. The third-order valence-electron chi connectivity index (χ3n) is 5.03. The maximum absolute atomic E-state index is 13.5. The molecule has 1 amide bonds. The highest BCUT2D eigenvalue weighted by atomic mass is 19.1. The number of nitrogens with zero attached hydrogens (tertiary/aromatic N) is 2. The number of nitrogens with one attached hydrogen (secondary N) is 2. The van der Waals surface area contributed by atoms with Crippen molar-refractivity contribution in [3.63, 3.8) is 0 Å². The fourth-order valence-electron chi connectivity index (χ4n) is 3.51. The molecule has 0 radical (unpaired) electrons. The highest BCUT2D eigenvalue weighted by Gasteiger charge is 2.21. The lowest BCUT2D eigenvalue weighted by Gasteiger charge is -2.32. The summed E-state index contributed by atoms with van der Waals surface area (Å²) in [5.41, 5.74) is 6.85. The minimum Gasteiger partial charge on any atom is -0.459 e. The van der Waals surface area contributed by atoms with Crippen LogP contribution in [0.15, 0.2) is 27.6 Å². The number of piperidine rings is 1. The molecule has 1 fully saturated rings. The highest BCUT2D eigenvalue weighted by molar-refractivity contribution is 5.83. The van der Waals surface area contributed by atoms with Crippen LogP contribution in [0, 0.1) is 12.7 Å². The molecule has 8 heteroatoms. The van der Waals surface area contributed by atoms with E-state index in [9.17, 15) is 9.18 Å². The fourth-order valence-corrected chi connectivity index (χ4v) is 3.51. The van der Waals surface area contributed by atoms with Crippen molar-refractivity contribution in [2.24, 2.45) is 10.7 Å². The van der Waals surface area contributed by atoms with Crippen LogP contribution in [0.25, 0.3) is 11.0 Å². The molecule has 1 aliphatic rings. The second-order valence-electron chi connectivity index (χ2n) is 7.15. The molecule has 2 aromatic rings. The summed E-state index contributed by atoms with van der Waals surface area (Å²) in [7, 11) is 0. The topological polar surface area (TPSA) is 95.9 Å².